The van der Waals surface area contributed by atoms with Crippen molar-refractivity contribution in [2.45, 2.75) is 51.6 Å². The van der Waals surface area contributed by atoms with Crippen molar-refractivity contribution in [3.8, 4) is 0 Å². The van der Waals surface area contributed by atoms with E-state index >= 15 is 0 Å². The first kappa shape index (κ1) is 14.6. The van der Waals surface area contributed by atoms with Gasteiger partial charge in [0.05, 0.1) is 0 Å². The van der Waals surface area contributed by atoms with Crippen LogP contribution < -0.4 is 5.32 Å². The monoisotopic (exact) mass is 292 g/mol. The maximum absolute atomic E-state index is 3.49. The number of hydrogen-bond acceptors (Lipinski definition) is 3. The molecule has 1 saturated heterocycles. The summed E-state index contributed by atoms with van der Waals surface area (Å²) in [5.74, 6) is 1.80. The van der Waals surface area contributed by atoms with Crippen LogP contribution in [0.5, 0.6) is 0 Å². The van der Waals surface area contributed by atoms with Gasteiger partial charge in [0.25, 0.3) is 0 Å². The van der Waals surface area contributed by atoms with E-state index in [-0.39, 0.29) is 0 Å². The summed E-state index contributed by atoms with van der Waals surface area (Å²) in [6, 6.07) is 5.91. The molecule has 1 N–H and O–H groups in total. The highest BCUT2D eigenvalue weighted by Crippen LogP contribution is 2.46. The fraction of sp³-hybridized carbons (Fsp3) is 0.765. The Hall–Kier alpha value is -0.380. The summed E-state index contributed by atoms with van der Waals surface area (Å²) < 4.78 is 0. The molecule has 0 radical (unpaired) electrons. The molecular weight excluding hydrogens is 264 g/mol. The number of hydrogen-bond donors (Lipinski definition) is 1. The van der Waals surface area contributed by atoms with Crippen LogP contribution in [0.4, 0.5) is 0 Å². The minimum atomic E-state index is 0.651. The summed E-state index contributed by atoms with van der Waals surface area (Å²) >= 11 is 1.95. The fourth-order valence-electron chi connectivity index (χ4n) is 3.55. The van der Waals surface area contributed by atoms with E-state index in [1.165, 1.54) is 45.3 Å². The molecule has 3 rings (SSSR count). The van der Waals surface area contributed by atoms with Crippen molar-refractivity contribution in [1.82, 2.24) is 10.2 Å². The first-order valence-corrected chi connectivity index (χ1v) is 9.13. The van der Waals surface area contributed by atoms with Gasteiger partial charge in [0, 0.05) is 23.5 Å². The predicted octanol–water partition coefficient (Wildman–Crippen LogP) is 3.91. The van der Waals surface area contributed by atoms with Crippen molar-refractivity contribution in [3.05, 3.63) is 22.4 Å². The van der Waals surface area contributed by atoms with Crippen molar-refractivity contribution in [2.24, 2.45) is 11.8 Å². The molecule has 112 valence electrons. The lowest BCUT2D eigenvalue weighted by Gasteiger charge is -2.38. The molecule has 2 aliphatic rings. The lowest BCUT2D eigenvalue weighted by molar-refractivity contribution is 0.104. The SMILES string of the molecule is CC(C)N(CC1CCNCC1)C(c1cccs1)C1CC1. The number of piperidine rings is 1. The van der Waals surface area contributed by atoms with Gasteiger partial charge < -0.3 is 5.32 Å². The number of thiophene rings is 1. The quantitative estimate of drug-likeness (QED) is 0.855. The minimum absolute atomic E-state index is 0.651. The van der Waals surface area contributed by atoms with Crippen LogP contribution in [-0.4, -0.2) is 30.6 Å². The molecule has 2 nitrogen and oxygen atoms in total. The van der Waals surface area contributed by atoms with Crippen molar-refractivity contribution in [2.75, 3.05) is 19.6 Å². The van der Waals surface area contributed by atoms with Gasteiger partial charge in [-0.1, -0.05) is 6.07 Å². The van der Waals surface area contributed by atoms with Gasteiger partial charge in [-0.05, 0) is 75.9 Å². The highest BCUT2D eigenvalue weighted by molar-refractivity contribution is 7.10. The maximum atomic E-state index is 3.49. The van der Waals surface area contributed by atoms with Crippen LogP contribution in [0.25, 0.3) is 0 Å². The van der Waals surface area contributed by atoms with Crippen LogP contribution in [0.15, 0.2) is 17.5 Å². The first-order chi connectivity index (χ1) is 9.75. The van der Waals surface area contributed by atoms with Crippen LogP contribution in [-0.2, 0) is 0 Å². The predicted molar refractivity (Wildman–Crippen MR) is 87.2 cm³/mol. The Balaban J connectivity index is 1.73. The molecule has 1 aliphatic heterocycles. The van der Waals surface area contributed by atoms with E-state index in [1.54, 1.807) is 4.88 Å². The maximum Gasteiger partial charge on any atom is 0.0472 e. The number of rotatable bonds is 6. The molecule has 0 spiro atoms. The third-order valence-electron chi connectivity index (χ3n) is 4.85. The molecule has 2 fully saturated rings. The lowest BCUT2D eigenvalue weighted by Crippen LogP contribution is -2.42. The minimum Gasteiger partial charge on any atom is -0.317 e. The Labute approximate surface area is 127 Å². The molecule has 1 atom stereocenters. The van der Waals surface area contributed by atoms with Crippen LogP contribution in [0.1, 0.15) is 50.4 Å². The van der Waals surface area contributed by atoms with Crippen molar-refractivity contribution in [1.29, 1.82) is 0 Å². The van der Waals surface area contributed by atoms with Crippen LogP contribution in [0, 0.1) is 11.8 Å². The molecule has 1 aliphatic carbocycles. The van der Waals surface area contributed by atoms with Gasteiger partial charge in [-0.25, -0.2) is 0 Å². The summed E-state index contributed by atoms with van der Waals surface area (Å²) in [6.45, 7) is 8.47. The smallest absolute Gasteiger partial charge is 0.0472 e. The summed E-state index contributed by atoms with van der Waals surface area (Å²) in [6.07, 6.45) is 5.56. The average molecular weight is 292 g/mol. The zero-order chi connectivity index (χ0) is 13.9. The molecule has 1 unspecified atom stereocenters. The van der Waals surface area contributed by atoms with Gasteiger partial charge in [0.1, 0.15) is 0 Å². The number of nitrogens with one attached hydrogen (secondary N) is 1. The van der Waals surface area contributed by atoms with E-state index in [0.717, 1.165) is 11.8 Å². The number of nitrogens with zero attached hydrogens (tertiary/aromatic N) is 1. The van der Waals surface area contributed by atoms with Gasteiger partial charge in [-0.2, -0.15) is 0 Å². The molecule has 0 aromatic carbocycles. The zero-order valence-corrected chi connectivity index (χ0v) is 13.7. The van der Waals surface area contributed by atoms with Crippen molar-refractivity contribution in [3.63, 3.8) is 0 Å². The third-order valence-corrected chi connectivity index (χ3v) is 5.79. The summed E-state index contributed by atoms with van der Waals surface area (Å²) in [5.41, 5.74) is 0. The van der Waals surface area contributed by atoms with E-state index < -0.39 is 0 Å². The summed E-state index contributed by atoms with van der Waals surface area (Å²) in [7, 11) is 0. The van der Waals surface area contributed by atoms with Crippen molar-refractivity contribution < 1.29 is 0 Å². The molecule has 1 aromatic heterocycles. The topological polar surface area (TPSA) is 15.3 Å². The van der Waals surface area contributed by atoms with E-state index in [4.69, 9.17) is 0 Å². The highest BCUT2D eigenvalue weighted by atomic mass is 32.1. The molecular formula is C17H28N2S. The Kier molecular flexibility index (Phi) is 4.79. The molecule has 3 heteroatoms. The molecule has 1 aromatic rings. The van der Waals surface area contributed by atoms with E-state index in [2.05, 4.69) is 41.6 Å². The average Bonchev–Trinajstić information content (AvgIpc) is 3.14. The fourth-order valence-corrected chi connectivity index (χ4v) is 4.48. The van der Waals surface area contributed by atoms with Crippen LogP contribution in [0.3, 0.4) is 0 Å². The molecule has 20 heavy (non-hydrogen) atoms. The molecule has 0 amide bonds. The zero-order valence-electron chi connectivity index (χ0n) is 12.8. The van der Waals surface area contributed by atoms with Crippen LogP contribution >= 0.6 is 11.3 Å². The Morgan fingerprint density at radius 3 is 2.55 bits per heavy atom. The van der Waals surface area contributed by atoms with E-state index in [1.807, 2.05) is 11.3 Å². The largest absolute Gasteiger partial charge is 0.317 e. The summed E-state index contributed by atoms with van der Waals surface area (Å²) in [4.78, 5) is 4.40. The van der Waals surface area contributed by atoms with Gasteiger partial charge in [0.15, 0.2) is 0 Å². The Morgan fingerprint density at radius 1 is 1.25 bits per heavy atom. The van der Waals surface area contributed by atoms with E-state index in [0.29, 0.717) is 12.1 Å². The standard InChI is InChI=1S/C17H28N2S/c1-13(2)19(12-14-7-9-18-10-8-14)17(15-5-6-15)16-4-3-11-20-16/h3-4,11,13-15,17-18H,5-10,12H2,1-2H3. The second kappa shape index (κ2) is 6.59. The van der Waals surface area contributed by atoms with Gasteiger partial charge in [0.2, 0.25) is 0 Å². The first-order valence-electron chi connectivity index (χ1n) is 8.25. The second-order valence-electron chi connectivity index (χ2n) is 6.78. The van der Waals surface area contributed by atoms with Gasteiger partial charge in [-0.15, -0.1) is 11.3 Å². The molecule has 2 heterocycles. The Morgan fingerprint density at radius 2 is 2.00 bits per heavy atom. The third kappa shape index (κ3) is 3.44. The Bertz CT molecular complexity index is 391. The molecule has 0 bridgehead atoms. The lowest BCUT2D eigenvalue weighted by atomic mass is 9.95. The highest BCUT2D eigenvalue weighted by Gasteiger charge is 2.38. The summed E-state index contributed by atoms with van der Waals surface area (Å²) in [5, 5.41) is 5.74. The van der Waals surface area contributed by atoms with Crippen LogP contribution in [0.2, 0.25) is 0 Å². The normalized spacial score (nSPS) is 22.6. The van der Waals surface area contributed by atoms with Gasteiger partial charge in [-0.3, -0.25) is 4.90 Å². The second-order valence-corrected chi connectivity index (χ2v) is 7.76. The molecule has 1 saturated carbocycles. The van der Waals surface area contributed by atoms with Gasteiger partial charge >= 0.3 is 0 Å². The van der Waals surface area contributed by atoms with Crippen molar-refractivity contribution >= 4 is 11.3 Å². The van der Waals surface area contributed by atoms with E-state index in [9.17, 15) is 0 Å².